The van der Waals surface area contributed by atoms with Crippen LogP contribution < -0.4 is 0 Å². The molecule has 0 bridgehead atoms. The van der Waals surface area contributed by atoms with Gasteiger partial charge >= 0.3 is 0 Å². The quantitative estimate of drug-likeness (QED) is 0.648. The lowest BCUT2D eigenvalue weighted by Crippen LogP contribution is -2.35. The van der Waals surface area contributed by atoms with E-state index in [1.54, 1.807) is 26.1 Å². The van der Waals surface area contributed by atoms with Gasteiger partial charge in [0.2, 0.25) is 10.0 Å². The van der Waals surface area contributed by atoms with Crippen molar-refractivity contribution in [3.63, 3.8) is 0 Å². The average Bonchev–Trinajstić information content (AvgIpc) is 2.88. The Hall–Kier alpha value is -2.36. The van der Waals surface area contributed by atoms with E-state index in [-0.39, 0.29) is 10.7 Å². The highest BCUT2D eigenvalue weighted by Gasteiger charge is 2.32. The summed E-state index contributed by atoms with van der Waals surface area (Å²) in [5.41, 5.74) is 1.96. The van der Waals surface area contributed by atoms with Gasteiger partial charge in [0.05, 0.1) is 5.52 Å². The number of hydrogen-bond acceptors (Lipinski definition) is 6. The number of aryl methyl sites for hydroxylation is 2. The molecular weight excluding hydrogens is 395 g/mol. The molecule has 0 atom stereocenters. The maximum absolute atomic E-state index is 14.0. The fourth-order valence-corrected chi connectivity index (χ4v) is 5.67. The molecule has 4 rings (SSSR count). The molecule has 1 aromatic carbocycles. The monoisotopic (exact) mass is 418 g/mol. The lowest BCUT2D eigenvalue weighted by atomic mass is 10.1. The molecule has 154 valence electrons. The van der Waals surface area contributed by atoms with Gasteiger partial charge in [0.25, 0.3) is 0 Å². The van der Waals surface area contributed by atoms with Crippen LogP contribution in [0.15, 0.2) is 39.9 Å². The summed E-state index contributed by atoms with van der Waals surface area (Å²) in [7, 11) is -3.66. The zero-order valence-corrected chi connectivity index (χ0v) is 17.2. The van der Waals surface area contributed by atoms with E-state index in [2.05, 4.69) is 15.0 Å². The van der Waals surface area contributed by atoms with Crippen LogP contribution in [0.3, 0.4) is 0 Å². The van der Waals surface area contributed by atoms with Gasteiger partial charge in [-0.1, -0.05) is 11.2 Å². The standard InChI is InChI=1S/C20H23FN4O3S/c1-14-20(15(2)28-23-14)29(26,27)25-8-4-7-24(9-10-25)13-17-12-18(21)11-16-5-3-6-22-19(16)17/h3,5-6,11-12H,4,7-10,13H2,1-2H3. The second kappa shape index (κ2) is 7.81. The number of pyridine rings is 1. The van der Waals surface area contributed by atoms with Gasteiger partial charge in [-0.25, -0.2) is 12.8 Å². The Labute approximate surface area is 169 Å². The van der Waals surface area contributed by atoms with Crippen LogP contribution in [0.4, 0.5) is 4.39 Å². The van der Waals surface area contributed by atoms with Crippen LogP contribution in [0.25, 0.3) is 10.9 Å². The van der Waals surface area contributed by atoms with E-state index in [0.717, 1.165) is 23.0 Å². The molecule has 0 amide bonds. The summed E-state index contributed by atoms with van der Waals surface area (Å²) < 4.78 is 46.7. The molecule has 9 heteroatoms. The maximum Gasteiger partial charge on any atom is 0.248 e. The van der Waals surface area contributed by atoms with Crippen LogP contribution in [0, 0.1) is 19.7 Å². The number of nitrogens with zero attached hydrogens (tertiary/aromatic N) is 4. The normalized spacial score (nSPS) is 16.9. The minimum atomic E-state index is -3.66. The Balaban J connectivity index is 1.53. The number of hydrogen-bond donors (Lipinski definition) is 0. The van der Waals surface area contributed by atoms with Gasteiger partial charge in [0.15, 0.2) is 5.76 Å². The molecule has 0 unspecified atom stereocenters. The zero-order valence-electron chi connectivity index (χ0n) is 16.4. The molecule has 0 aliphatic carbocycles. The summed E-state index contributed by atoms with van der Waals surface area (Å²) in [6.45, 7) is 5.81. The van der Waals surface area contributed by atoms with Crippen LogP contribution in [-0.2, 0) is 16.6 Å². The third-order valence-electron chi connectivity index (χ3n) is 5.26. The van der Waals surface area contributed by atoms with Gasteiger partial charge in [-0.15, -0.1) is 0 Å². The van der Waals surface area contributed by atoms with E-state index in [0.29, 0.717) is 44.1 Å². The molecular formula is C20H23FN4O3S. The van der Waals surface area contributed by atoms with Crippen LogP contribution in [0.2, 0.25) is 0 Å². The van der Waals surface area contributed by atoms with Crippen LogP contribution >= 0.6 is 0 Å². The molecule has 0 radical (unpaired) electrons. The van der Waals surface area contributed by atoms with Gasteiger partial charge in [-0.3, -0.25) is 9.88 Å². The second-order valence-corrected chi connectivity index (χ2v) is 9.20. The summed E-state index contributed by atoms with van der Waals surface area (Å²) in [5, 5.41) is 4.54. The molecule has 0 N–H and O–H groups in total. The number of aromatic nitrogens is 2. The van der Waals surface area contributed by atoms with Crippen molar-refractivity contribution in [3.8, 4) is 0 Å². The van der Waals surface area contributed by atoms with Crippen molar-refractivity contribution in [2.75, 3.05) is 26.2 Å². The maximum atomic E-state index is 14.0. The van der Waals surface area contributed by atoms with Gasteiger partial charge in [-0.2, -0.15) is 4.31 Å². The van der Waals surface area contributed by atoms with Crippen molar-refractivity contribution in [3.05, 3.63) is 53.3 Å². The average molecular weight is 418 g/mol. The Morgan fingerprint density at radius 2 is 2.00 bits per heavy atom. The predicted molar refractivity (Wildman–Crippen MR) is 106 cm³/mol. The summed E-state index contributed by atoms with van der Waals surface area (Å²) in [6.07, 6.45) is 2.38. The lowest BCUT2D eigenvalue weighted by Gasteiger charge is -2.22. The van der Waals surface area contributed by atoms with Crippen molar-refractivity contribution in [1.29, 1.82) is 0 Å². The molecule has 29 heavy (non-hydrogen) atoms. The number of benzene rings is 1. The summed E-state index contributed by atoms with van der Waals surface area (Å²) in [4.78, 5) is 6.70. The van der Waals surface area contributed by atoms with Gasteiger partial charge < -0.3 is 4.52 Å². The van der Waals surface area contributed by atoms with Gasteiger partial charge in [0.1, 0.15) is 16.4 Å². The third-order valence-corrected chi connectivity index (χ3v) is 7.40. The first kappa shape index (κ1) is 19.9. The minimum Gasteiger partial charge on any atom is -0.360 e. The minimum absolute atomic E-state index is 0.159. The first-order valence-corrected chi connectivity index (χ1v) is 11.0. The third kappa shape index (κ3) is 3.90. The van der Waals surface area contributed by atoms with Crippen molar-refractivity contribution >= 4 is 20.9 Å². The summed E-state index contributed by atoms with van der Waals surface area (Å²) >= 11 is 0. The highest BCUT2D eigenvalue weighted by atomic mass is 32.2. The van der Waals surface area contributed by atoms with E-state index in [9.17, 15) is 12.8 Å². The molecule has 1 aliphatic heterocycles. The van der Waals surface area contributed by atoms with Crippen LogP contribution in [0.5, 0.6) is 0 Å². The first-order valence-electron chi connectivity index (χ1n) is 9.55. The largest absolute Gasteiger partial charge is 0.360 e. The van der Waals surface area contributed by atoms with E-state index in [1.807, 2.05) is 6.07 Å². The van der Waals surface area contributed by atoms with Crippen molar-refractivity contribution in [2.45, 2.75) is 31.7 Å². The fourth-order valence-electron chi connectivity index (χ4n) is 3.91. The lowest BCUT2D eigenvalue weighted by molar-refractivity contribution is 0.279. The second-order valence-electron chi connectivity index (χ2n) is 7.33. The molecule has 0 spiro atoms. The van der Waals surface area contributed by atoms with Gasteiger partial charge in [-0.05, 0) is 50.6 Å². The fraction of sp³-hybridized carbons (Fsp3) is 0.400. The number of fused-ring (bicyclic) bond motifs is 1. The van der Waals surface area contributed by atoms with E-state index in [4.69, 9.17) is 4.52 Å². The van der Waals surface area contributed by atoms with Crippen molar-refractivity contribution in [1.82, 2.24) is 19.3 Å². The number of halogens is 1. The van der Waals surface area contributed by atoms with Crippen LogP contribution in [-0.4, -0.2) is 53.9 Å². The Morgan fingerprint density at radius 3 is 2.76 bits per heavy atom. The topological polar surface area (TPSA) is 79.5 Å². The highest BCUT2D eigenvalue weighted by molar-refractivity contribution is 7.89. The first-order chi connectivity index (χ1) is 13.9. The van der Waals surface area contributed by atoms with E-state index in [1.165, 1.54) is 16.4 Å². The number of sulfonamides is 1. The smallest absolute Gasteiger partial charge is 0.248 e. The molecule has 7 nitrogen and oxygen atoms in total. The van der Waals surface area contributed by atoms with E-state index < -0.39 is 10.0 Å². The SMILES string of the molecule is Cc1noc(C)c1S(=O)(=O)N1CCCN(Cc2cc(F)cc3cccnc23)CC1. The molecule has 3 heterocycles. The highest BCUT2D eigenvalue weighted by Crippen LogP contribution is 2.25. The summed E-state index contributed by atoms with van der Waals surface area (Å²) in [6, 6.07) is 6.62. The van der Waals surface area contributed by atoms with Crippen molar-refractivity contribution < 1.29 is 17.3 Å². The molecule has 0 saturated carbocycles. The Bertz CT molecular complexity index is 1130. The zero-order chi connectivity index (χ0) is 20.6. The Kier molecular flexibility index (Phi) is 5.37. The predicted octanol–water partition coefficient (Wildman–Crippen LogP) is 2.88. The molecule has 1 fully saturated rings. The molecule has 3 aromatic rings. The number of rotatable bonds is 4. The summed E-state index contributed by atoms with van der Waals surface area (Å²) in [5.74, 6) is 0.0128. The van der Waals surface area contributed by atoms with Crippen molar-refractivity contribution in [2.24, 2.45) is 0 Å². The Morgan fingerprint density at radius 1 is 1.17 bits per heavy atom. The van der Waals surface area contributed by atoms with Gasteiger partial charge in [0, 0.05) is 37.8 Å². The molecule has 1 saturated heterocycles. The van der Waals surface area contributed by atoms with E-state index >= 15 is 0 Å². The van der Waals surface area contributed by atoms with Crippen LogP contribution in [0.1, 0.15) is 23.4 Å². The molecule has 2 aromatic heterocycles. The molecule has 1 aliphatic rings.